The van der Waals surface area contributed by atoms with Gasteiger partial charge in [0.2, 0.25) is 0 Å². The maximum Gasteiger partial charge on any atom is 0.0726 e. The van der Waals surface area contributed by atoms with Crippen LogP contribution in [-0.2, 0) is 5.41 Å². The number of benzene rings is 11. The zero-order valence-electron chi connectivity index (χ0n) is 34.0. The predicted octanol–water partition coefficient (Wildman–Crippen LogP) is 16.3. The summed E-state index contributed by atoms with van der Waals surface area (Å²) in [5.41, 5.74) is 18.2. The summed E-state index contributed by atoms with van der Waals surface area (Å²) in [6.45, 7) is 0. The third-order valence-corrected chi connectivity index (χ3v) is 13.7. The minimum absolute atomic E-state index is 0.456. The molecular formula is C61H39N. The van der Waals surface area contributed by atoms with Crippen LogP contribution in [0.15, 0.2) is 237 Å². The third kappa shape index (κ3) is 4.85. The Hall–Kier alpha value is -8.00. The largest absolute Gasteiger partial charge is 0.309 e. The minimum atomic E-state index is -0.456. The first-order valence-corrected chi connectivity index (χ1v) is 21.6. The van der Waals surface area contributed by atoms with E-state index in [1.54, 1.807) is 0 Å². The summed E-state index contributed by atoms with van der Waals surface area (Å²) >= 11 is 0. The molecule has 0 unspecified atom stereocenters. The quantitative estimate of drug-likeness (QED) is 0.157. The highest BCUT2D eigenvalue weighted by Gasteiger charge is 2.52. The molecule has 0 fully saturated rings. The van der Waals surface area contributed by atoms with Crippen molar-refractivity contribution in [1.29, 1.82) is 0 Å². The maximum atomic E-state index is 2.55. The Kier molecular flexibility index (Phi) is 7.59. The summed E-state index contributed by atoms with van der Waals surface area (Å²) in [7, 11) is 0. The molecule has 13 rings (SSSR count). The fourth-order valence-corrected chi connectivity index (χ4v) is 11.2. The smallest absolute Gasteiger partial charge is 0.0726 e. The predicted molar refractivity (Wildman–Crippen MR) is 261 cm³/mol. The zero-order chi connectivity index (χ0) is 40.8. The van der Waals surface area contributed by atoms with Gasteiger partial charge in [0, 0.05) is 16.8 Å². The van der Waals surface area contributed by atoms with Gasteiger partial charge in [0.25, 0.3) is 0 Å². The number of fused-ring (bicyclic) bond motifs is 16. The molecule has 11 aromatic rings. The van der Waals surface area contributed by atoms with E-state index in [1.807, 2.05) is 0 Å². The van der Waals surface area contributed by atoms with E-state index in [1.165, 1.54) is 99.1 Å². The summed E-state index contributed by atoms with van der Waals surface area (Å²) in [6, 6.07) is 87.9. The first kappa shape index (κ1) is 34.8. The monoisotopic (exact) mass is 785 g/mol. The van der Waals surface area contributed by atoms with Gasteiger partial charge in [-0.2, -0.15) is 0 Å². The topological polar surface area (TPSA) is 3.24 Å². The van der Waals surface area contributed by atoms with Crippen LogP contribution in [-0.4, -0.2) is 0 Å². The Morgan fingerprint density at radius 3 is 1.39 bits per heavy atom. The van der Waals surface area contributed by atoms with Gasteiger partial charge in [0.1, 0.15) is 0 Å². The van der Waals surface area contributed by atoms with Crippen molar-refractivity contribution in [3.8, 4) is 44.5 Å². The Morgan fingerprint density at radius 2 is 0.710 bits per heavy atom. The van der Waals surface area contributed by atoms with Crippen LogP contribution in [0.5, 0.6) is 0 Å². The van der Waals surface area contributed by atoms with E-state index in [0.717, 1.165) is 17.1 Å². The van der Waals surface area contributed by atoms with Gasteiger partial charge in [-0.1, -0.05) is 206 Å². The number of rotatable bonds is 5. The number of hydrogen-bond acceptors (Lipinski definition) is 1. The zero-order valence-corrected chi connectivity index (χ0v) is 34.0. The summed E-state index contributed by atoms with van der Waals surface area (Å²) in [6.07, 6.45) is 0. The van der Waals surface area contributed by atoms with Crippen molar-refractivity contribution in [1.82, 2.24) is 0 Å². The van der Waals surface area contributed by atoms with E-state index in [2.05, 4.69) is 241 Å². The normalized spacial score (nSPS) is 13.0. The number of nitrogens with zero attached hydrogens (tertiary/aromatic N) is 1. The fourth-order valence-electron chi connectivity index (χ4n) is 11.2. The summed E-state index contributed by atoms with van der Waals surface area (Å²) in [5, 5.41) is 7.58. The first-order chi connectivity index (χ1) is 30.8. The molecule has 0 heterocycles. The Morgan fingerprint density at radius 1 is 0.258 bits per heavy atom. The van der Waals surface area contributed by atoms with Crippen molar-refractivity contribution in [2.45, 2.75) is 5.41 Å². The SMILES string of the molecule is c1ccc(-c2cccc(-c3ccccc3N(c3ccc4c5ccccc5c5ccccc5c4c3)c3cccc4c3-c3ccccc3C43c4ccccc4-c4ccccc43)c2)cc1. The molecule has 0 N–H and O–H groups in total. The molecule has 11 aromatic carbocycles. The molecule has 288 valence electrons. The van der Waals surface area contributed by atoms with Crippen LogP contribution in [0.2, 0.25) is 0 Å². The summed E-state index contributed by atoms with van der Waals surface area (Å²) in [5.74, 6) is 0. The lowest BCUT2D eigenvalue weighted by Gasteiger charge is -2.32. The van der Waals surface area contributed by atoms with Gasteiger partial charge in [0.05, 0.1) is 16.8 Å². The molecule has 0 saturated heterocycles. The van der Waals surface area contributed by atoms with E-state index < -0.39 is 5.41 Å². The van der Waals surface area contributed by atoms with Crippen molar-refractivity contribution in [3.05, 3.63) is 259 Å². The lowest BCUT2D eigenvalue weighted by atomic mass is 9.70. The second-order valence-corrected chi connectivity index (χ2v) is 16.7. The van der Waals surface area contributed by atoms with E-state index in [4.69, 9.17) is 0 Å². The van der Waals surface area contributed by atoms with Crippen molar-refractivity contribution in [2.75, 3.05) is 4.90 Å². The molecule has 1 spiro atoms. The van der Waals surface area contributed by atoms with E-state index in [-0.39, 0.29) is 0 Å². The Balaban J connectivity index is 1.13. The Labute approximate surface area is 361 Å². The summed E-state index contributed by atoms with van der Waals surface area (Å²) < 4.78 is 0. The molecular weight excluding hydrogens is 747 g/mol. The van der Waals surface area contributed by atoms with Crippen LogP contribution < -0.4 is 4.90 Å². The maximum absolute atomic E-state index is 2.55. The summed E-state index contributed by atoms with van der Waals surface area (Å²) in [4.78, 5) is 2.55. The van der Waals surface area contributed by atoms with Gasteiger partial charge < -0.3 is 4.90 Å². The van der Waals surface area contributed by atoms with Gasteiger partial charge in [0.15, 0.2) is 0 Å². The second-order valence-electron chi connectivity index (χ2n) is 16.7. The van der Waals surface area contributed by atoms with Gasteiger partial charge in [-0.25, -0.2) is 0 Å². The highest BCUT2D eigenvalue weighted by Crippen LogP contribution is 2.65. The molecule has 62 heavy (non-hydrogen) atoms. The average molecular weight is 786 g/mol. The van der Waals surface area contributed by atoms with E-state index in [0.29, 0.717) is 0 Å². The van der Waals surface area contributed by atoms with E-state index in [9.17, 15) is 0 Å². The molecule has 0 radical (unpaired) electrons. The van der Waals surface area contributed by atoms with Crippen molar-refractivity contribution < 1.29 is 0 Å². The molecule has 0 bridgehead atoms. The van der Waals surface area contributed by atoms with Crippen molar-refractivity contribution >= 4 is 49.4 Å². The van der Waals surface area contributed by atoms with Crippen LogP contribution in [0.1, 0.15) is 22.3 Å². The van der Waals surface area contributed by atoms with Gasteiger partial charge in [-0.15, -0.1) is 0 Å². The molecule has 0 aromatic heterocycles. The van der Waals surface area contributed by atoms with Crippen LogP contribution >= 0.6 is 0 Å². The highest BCUT2D eigenvalue weighted by molar-refractivity contribution is 6.26. The van der Waals surface area contributed by atoms with Gasteiger partial charge >= 0.3 is 0 Å². The van der Waals surface area contributed by atoms with Crippen LogP contribution in [0, 0.1) is 0 Å². The second kappa shape index (κ2) is 13.5. The Bertz CT molecular complexity index is 3520. The van der Waals surface area contributed by atoms with Crippen LogP contribution in [0.4, 0.5) is 17.1 Å². The minimum Gasteiger partial charge on any atom is -0.309 e. The van der Waals surface area contributed by atoms with Crippen molar-refractivity contribution in [2.24, 2.45) is 0 Å². The van der Waals surface area contributed by atoms with Crippen LogP contribution in [0.3, 0.4) is 0 Å². The number of anilines is 3. The van der Waals surface area contributed by atoms with Gasteiger partial charge in [-0.05, 0) is 118 Å². The lowest BCUT2D eigenvalue weighted by molar-refractivity contribution is 0.794. The highest BCUT2D eigenvalue weighted by atomic mass is 15.1. The number of para-hydroxylation sites is 1. The first-order valence-electron chi connectivity index (χ1n) is 21.6. The molecule has 2 aliphatic rings. The molecule has 0 saturated carbocycles. The molecule has 0 amide bonds. The lowest BCUT2D eigenvalue weighted by Crippen LogP contribution is -2.26. The fraction of sp³-hybridized carbons (Fsp3) is 0.0164. The third-order valence-electron chi connectivity index (χ3n) is 13.7. The van der Waals surface area contributed by atoms with Crippen molar-refractivity contribution in [3.63, 3.8) is 0 Å². The average Bonchev–Trinajstić information content (AvgIpc) is 3.83. The van der Waals surface area contributed by atoms with E-state index >= 15 is 0 Å². The number of hydrogen-bond donors (Lipinski definition) is 0. The molecule has 0 atom stereocenters. The molecule has 2 aliphatic carbocycles. The molecule has 1 heteroatoms. The molecule has 1 nitrogen and oxygen atoms in total. The molecule has 0 aliphatic heterocycles. The van der Waals surface area contributed by atoms with Gasteiger partial charge in [-0.3, -0.25) is 0 Å². The standard InChI is InChI=1S/C61H39N/c1-2-18-40(19-3-1)41-20-16-21-42(38-41)44-22-11-15-34-58(44)62(43-36-37-49-47-25-5-4-23-45(47)46-24-6-7-26-48(46)53(49)39-43)59-35-17-33-57-60(59)52-29-10-14-32-56(52)61(57)54-30-12-8-27-50(54)51-28-9-13-31-55(51)61/h1-39H. The van der Waals surface area contributed by atoms with Crippen LogP contribution in [0.25, 0.3) is 76.8 Å².